The molecule has 0 saturated heterocycles. The summed E-state index contributed by atoms with van der Waals surface area (Å²) < 4.78 is 5.37. The van der Waals surface area contributed by atoms with Crippen LogP contribution < -0.4 is 10.1 Å². The van der Waals surface area contributed by atoms with Gasteiger partial charge < -0.3 is 19.9 Å². The number of nitrogens with one attached hydrogen (secondary N) is 1. The van der Waals surface area contributed by atoms with Crippen molar-refractivity contribution in [3.63, 3.8) is 0 Å². The Hall–Kier alpha value is -1.51. The van der Waals surface area contributed by atoms with Gasteiger partial charge in [0.25, 0.3) is 0 Å². The number of benzene rings is 1. The van der Waals surface area contributed by atoms with Crippen molar-refractivity contribution >= 4 is 35.8 Å². The third-order valence-corrected chi connectivity index (χ3v) is 3.16. The van der Waals surface area contributed by atoms with Gasteiger partial charge in [0.05, 0.1) is 7.11 Å². The van der Waals surface area contributed by atoms with Gasteiger partial charge in [-0.2, -0.15) is 0 Å². The molecule has 6 nitrogen and oxygen atoms in total. The van der Waals surface area contributed by atoms with Crippen LogP contribution in [0.4, 0.5) is 0 Å². The number of amides is 1. The zero-order valence-corrected chi connectivity index (χ0v) is 16.8. The first-order valence-corrected chi connectivity index (χ1v) is 7.31. The lowest BCUT2D eigenvalue weighted by Gasteiger charge is -2.23. The Bertz CT molecular complexity index is 521. The van der Waals surface area contributed by atoms with Gasteiger partial charge >= 0.3 is 0 Å². The Balaban J connectivity index is 0.00000484. The number of hydrogen-bond acceptors (Lipinski definition) is 3. The second-order valence-electron chi connectivity index (χ2n) is 5.13. The molecule has 7 heteroatoms. The molecular weight excluding hydrogens is 407 g/mol. The minimum atomic E-state index is -0.0268. The van der Waals surface area contributed by atoms with Crippen LogP contribution in [0, 0.1) is 0 Å². The maximum Gasteiger partial charge on any atom is 0.243 e. The molecule has 0 aliphatic heterocycles. The first-order valence-electron chi connectivity index (χ1n) is 7.31. The Labute approximate surface area is 155 Å². The first kappa shape index (κ1) is 21.5. The summed E-state index contributed by atoms with van der Waals surface area (Å²) >= 11 is 0. The number of para-hydroxylation sites is 1. The van der Waals surface area contributed by atoms with E-state index in [0.29, 0.717) is 12.5 Å². The fourth-order valence-corrected chi connectivity index (χ4v) is 1.92. The van der Waals surface area contributed by atoms with Gasteiger partial charge in [-0.3, -0.25) is 4.79 Å². The predicted molar refractivity (Wildman–Crippen MR) is 105 cm³/mol. The highest BCUT2D eigenvalue weighted by Gasteiger charge is 2.11. The van der Waals surface area contributed by atoms with Crippen molar-refractivity contribution in [3.05, 3.63) is 29.8 Å². The first-order chi connectivity index (χ1) is 10.5. The quantitative estimate of drug-likeness (QED) is 0.422. The molecule has 130 valence electrons. The van der Waals surface area contributed by atoms with E-state index >= 15 is 0 Å². The van der Waals surface area contributed by atoms with Gasteiger partial charge in [0.2, 0.25) is 5.91 Å². The fourth-order valence-electron chi connectivity index (χ4n) is 1.92. The minimum Gasteiger partial charge on any atom is -0.496 e. The highest BCUT2D eigenvalue weighted by atomic mass is 127. The van der Waals surface area contributed by atoms with E-state index < -0.39 is 0 Å². The Morgan fingerprint density at radius 1 is 1.26 bits per heavy atom. The number of halogens is 1. The molecule has 0 radical (unpaired) electrons. The third-order valence-electron chi connectivity index (χ3n) is 3.16. The standard InChI is InChI=1S/C16H26N4O2.HI/c1-6-17-16(18-11-15(21)19(2)3)20(4)12-13-9-7-8-10-14(13)22-5;/h7-10H,6,11-12H2,1-5H3,(H,17,18);1H. The number of likely N-dealkylation sites (N-methyl/N-ethyl adjacent to an activating group) is 1. The lowest BCUT2D eigenvalue weighted by atomic mass is 10.2. The van der Waals surface area contributed by atoms with Gasteiger partial charge in [0, 0.05) is 39.8 Å². The highest BCUT2D eigenvalue weighted by molar-refractivity contribution is 14.0. The summed E-state index contributed by atoms with van der Waals surface area (Å²) in [5, 5.41) is 3.20. The summed E-state index contributed by atoms with van der Waals surface area (Å²) in [5.74, 6) is 1.51. The van der Waals surface area contributed by atoms with Crippen LogP contribution in [0.3, 0.4) is 0 Å². The lowest BCUT2D eigenvalue weighted by Crippen LogP contribution is -2.39. The van der Waals surface area contributed by atoms with Crippen molar-refractivity contribution in [1.29, 1.82) is 0 Å². The Morgan fingerprint density at radius 2 is 1.91 bits per heavy atom. The van der Waals surface area contributed by atoms with E-state index in [4.69, 9.17) is 4.74 Å². The highest BCUT2D eigenvalue weighted by Crippen LogP contribution is 2.18. The van der Waals surface area contributed by atoms with E-state index in [-0.39, 0.29) is 36.4 Å². The molecule has 0 spiro atoms. The molecule has 1 amide bonds. The summed E-state index contributed by atoms with van der Waals surface area (Å²) in [6.07, 6.45) is 0. The van der Waals surface area contributed by atoms with Crippen molar-refractivity contribution in [2.75, 3.05) is 41.3 Å². The summed E-state index contributed by atoms with van der Waals surface area (Å²) in [7, 11) is 7.05. The fraction of sp³-hybridized carbons (Fsp3) is 0.500. The molecule has 1 aromatic carbocycles. The number of nitrogens with zero attached hydrogens (tertiary/aromatic N) is 3. The SMILES string of the molecule is CCNC(=NCC(=O)N(C)C)N(C)Cc1ccccc1OC.I. The predicted octanol–water partition coefficient (Wildman–Crippen LogP) is 1.80. The number of carbonyl (C=O) groups is 1. The molecule has 0 aliphatic carbocycles. The number of rotatable bonds is 6. The topological polar surface area (TPSA) is 57.2 Å². The molecule has 0 fully saturated rings. The van der Waals surface area contributed by atoms with Gasteiger partial charge in [0.15, 0.2) is 5.96 Å². The van der Waals surface area contributed by atoms with E-state index in [2.05, 4.69) is 10.3 Å². The molecule has 0 atom stereocenters. The molecule has 1 rings (SSSR count). The normalized spacial score (nSPS) is 10.6. The number of guanidine groups is 1. The molecule has 0 saturated carbocycles. The summed E-state index contributed by atoms with van der Waals surface area (Å²) in [6, 6.07) is 7.87. The molecule has 0 bridgehead atoms. The molecule has 23 heavy (non-hydrogen) atoms. The van der Waals surface area contributed by atoms with Crippen molar-refractivity contribution in [2.45, 2.75) is 13.5 Å². The van der Waals surface area contributed by atoms with Gasteiger partial charge in [-0.05, 0) is 13.0 Å². The van der Waals surface area contributed by atoms with Gasteiger partial charge in [-0.15, -0.1) is 24.0 Å². The molecule has 0 aliphatic rings. The summed E-state index contributed by atoms with van der Waals surface area (Å²) in [4.78, 5) is 19.6. The van der Waals surface area contributed by atoms with E-state index in [1.165, 1.54) is 4.90 Å². The number of methoxy groups -OCH3 is 1. The number of carbonyl (C=O) groups excluding carboxylic acids is 1. The molecule has 0 heterocycles. The molecule has 0 unspecified atom stereocenters. The molecular formula is C16H27IN4O2. The van der Waals surface area contributed by atoms with Crippen LogP contribution in [0.15, 0.2) is 29.3 Å². The summed E-state index contributed by atoms with van der Waals surface area (Å²) in [5.41, 5.74) is 1.07. The largest absolute Gasteiger partial charge is 0.496 e. The number of ether oxygens (including phenoxy) is 1. The number of aliphatic imine (C=N–C) groups is 1. The minimum absolute atomic E-state index is 0. The van der Waals surface area contributed by atoms with Gasteiger partial charge in [-0.1, -0.05) is 18.2 Å². The van der Waals surface area contributed by atoms with Crippen molar-refractivity contribution < 1.29 is 9.53 Å². The van der Waals surface area contributed by atoms with Crippen molar-refractivity contribution in [3.8, 4) is 5.75 Å². The average molecular weight is 434 g/mol. The zero-order valence-electron chi connectivity index (χ0n) is 14.5. The second kappa shape index (κ2) is 11.1. The van der Waals surface area contributed by atoms with Gasteiger partial charge in [0.1, 0.15) is 12.3 Å². The van der Waals surface area contributed by atoms with Crippen LogP contribution in [-0.4, -0.2) is 63.0 Å². The van der Waals surface area contributed by atoms with Crippen LogP contribution in [0.5, 0.6) is 5.75 Å². The van der Waals surface area contributed by atoms with Crippen LogP contribution in [0.25, 0.3) is 0 Å². The smallest absolute Gasteiger partial charge is 0.243 e. The third kappa shape index (κ3) is 7.06. The van der Waals surface area contributed by atoms with Crippen molar-refractivity contribution in [1.82, 2.24) is 15.1 Å². The average Bonchev–Trinajstić information content (AvgIpc) is 2.51. The lowest BCUT2D eigenvalue weighted by molar-refractivity contribution is -0.127. The molecule has 1 N–H and O–H groups in total. The van der Waals surface area contributed by atoms with Crippen LogP contribution >= 0.6 is 24.0 Å². The maximum atomic E-state index is 11.7. The van der Waals surface area contributed by atoms with Crippen LogP contribution in [0.1, 0.15) is 12.5 Å². The van der Waals surface area contributed by atoms with E-state index in [9.17, 15) is 4.79 Å². The van der Waals surface area contributed by atoms with Crippen LogP contribution in [-0.2, 0) is 11.3 Å². The maximum absolute atomic E-state index is 11.7. The van der Waals surface area contributed by atoms with E-state index in [1.807, 2.05) is 43.1 Å². The Kier molecular flexibility index (Phi) is 10.4. The molecule has 1 aromatic rings. The monoisotopic (exact) mass is 434 g/mol. The zero-order chi connectivity index (χ0) is 16.5. The number of hydrogen-bond donors (Lipinski definition) is 1. The van der Waals surface area contributed by atoms with Crippen molar-refractivity contribution in [2.24, 2.45) is 4.99 Å². The van der Waals surface area contributed by atoms with E-state index in [1.54, 1.807) is 21.2 Å². The van der Waals surface area contributed by atoms with E-state index in [0.717, 1.165) is 17.9 Å². The Morgan fingerprint density at radius 3 is 2.48 bits per heavy atom. The molecule has 0 aromatic heterocycles. The van der Waals surface area contributed by atoms with Crippen LogP contribution in [0.2, 0.25) is 0 Å². The van der Waals surface area contributed by atoms with Gasteiger partial charge in [-0.25, -0.2) is 4.99 Å². The second-order valence-corrected chi connectivity index (χ2v) is 5.13. The summed E-state index contributed by atoms with van der Waals surface area (Å²) in [6.45, 7) is 3.52.